The second-order valence-corrected chi connectivity index (χ2v) is 25.9. The molecule has 3 aromatic rings. The zero-order valence-electron chi connectivity index (χ0n) is 16.0. The third-order valence-corrected chi connectivity index (χ3v) is 25.6. The topological polar surface area (TPSA) is 0 Å². The Morgan fingerprint density at radius 1 is 0.615 bits per heavy atom. The molecule has 2 atom stereocenters. The van der Waals surface area contributed by atoms with E-state index in [0.29, 0.717) is 0 Å². The Morgan fingerprint density at radius 3 is 1.23 bits per heavy atom. The predicted octanol–water partition coefficient (Wildman–Crippen LogP) is 4.64. The van der Waals surface area contributed by atoms with Gasteiger partial charge >= 0.3 is 164 Å². The third kappa shape index (κ3) is 3.09. The molecular formula is C24H28SiSn. The van der Waals surface area contributed by atoms with Crippen molar-refractivity contribution in [2.75, 3.05) is 0 Å². The van der Waals surface area contributed by atoms with E-state index in [9.17, 15) is 0 Å². The molecule has 0 unspecified atom stereocenters. The molecule has 0 aromatic heterocycles. The Balaban J connectivity index is 1.99. The maximum absolute atomic E-state index is 3.04. The van der Waals surface area contributed by atoms with E-state index < -0.39 is 26.5 Å². The van der Waals surface area contributed by atoms with Crippen molar-refractivity contribution in [1.29, 1.82) is 0 Å². The number of rotatable bonds is 5. The van der Waals surface area contributed by atoms with Crippen LogP contribution in [0.1, 0.15) is 6.42 Å². The van der Waals surface area contributed by atoms with Crippen molar-refractivity contribution in [3.63, 3.8) is 0 Å². The van der Waals surface area contributed by atoms with Gasteiger partial charge in [-0.05, 0) is 0 Å². The van der Waals surface area contributed by atoms with Crippen LogP contribution in [0.5, 0.6) is 0 Å². The van der Waals surface area contributed by atoms with Crippen molar-refractivity contribution >= 4 is 37.2 Å². The van der Waals surface area contributed by atoms with E-state index >= 15 is 0 Å². The van der Waals surface area contributed by atoms with Gasteiger partial charge in [0.15, 0.2) is 0 Å². The molecule has 0 amide bonds. The summed E-state index contributed by atoms with van der Waals surface area (Å²) >= 11 is -3.04. The summed E-state index contributed by atoms with van der Waals surface area (Å²) in [5.74, 6) is 0. The molecule has 1 aliphatic carbocycles. The minimum absolute atomic E-state index is 0.892. The second kappa shape index (κ2) is 7.01. The Kier molecular flexibility index (Phi) is 4.87. The van der Waals surface area contributed by atoms with Crippen LogP contribution in [0.2, 0.25) is 29.1 Å². The monoisotopic (exact) mass is 464 g/mol. The van der Waals surface area contributed by atoms with E-state index in [4.69, 9.17) is 0 Å². The van der Waals surface area contributed by atoms with E-state index in [2.05, 4.69) is 111 Å². The first kappa shape index (κ1) is 18.1. The van der Waals surface area contributed by atoms with Crippen LogP contribution in [0.3, 0.4) is 0 Å². The fourth-order valence-electron chi connectivity index (χ4n) is 4.88. The first-order valence-corrected chi connectivity index (χ1v) is 19.2. The van der Waals surface area contributed by atoms with Crippen molar-refractivity contribution in [2.24, 2.45) is 0 Å². The second-order valence-electron chi connectivity index (χ2n) is 8.72. The summed E-state index contributed by atoms with van der Waals surface area (Å²) in [6, 6.07) is 34.5. The van der Waals surface area contributed by atoms with Crippen molar-refractivity contribution in [1.82, 2.24) is 0 Å². The summed E-state index contributed by atoms with van der Waals surface area (Å²) in [5.41, 5.74) is 0.957. The van der Waals surface area contributed by atoms with E-state index in [-0.39, 0.29) is 0 Å². The molecule has 132 valence electrons. The van der Waals surface area contributed by atoms with Crippen LogP contribution < -0.4 is 10.7 Å². The van der Waals surface area contributed by atoms with Crippen molar-refractivity contribution in [3.05, 3.63) is 91.0 Å². The van der Waals surface area contributed by atoms with Gasteiger partial charge in [0.1, 0.15) is 0 Å². The van der Waals surface area contributed by atoms with Crippen LogP contribution in [0, 0.1) is 0 Å². The summed E-state index contributed by atoms with van der Waals surface area (Å²) < 4.78 is 5.82. The minimum atomic E-state index is -3.04. The van der Waals surface area contributed by atoms with Crippen molar-refractivity contribution in [3.8, 4) is 0 Å². The van der Waals surface area contributed by atoms with Gasteiger partial charge in [0.2, 0.25) is 0 Å². The van der Waals surface area contributed by atoms with Crippen LogP contribution in [0.4, 0.5) is 0 Å². The van der Waals surface area contributed by atoms with Gasteiger partial charge in [-0.25, -0.2) is 0 Å². The number of benzene rings is 3. The summed E-state index contributed by atoms with van der Waals surface area (Å²) in [5, 5.41) is 0. The Hall–Kier alpha value is -1.32. The molecule has 0 radical (unpaired) electrons. The quantitative estimate of drug-likeness (QED) is 0.484. The molecular weight excluding hydrogens is 435 g/mol. The fourth-order valence-corrected chi connectivity index (χ4v) is 29.8. The molecule has 1 aliphatic rings. The molecule has 0 heterocycles. The van der Waals surface area contributed by atoms with Gasteiger partial charge in [-0.15, -0.1) is 0 Å². The van der Waals surface area contributed by atoms with Gasteiger partial charge in [0, 0.05) is 0 Å². The molecule has 0 nitrogen and oxygen atoms in total. The molecule has 26 heavy (non-hydrogen) atoms. The molecule has 2 heteroatoms. The Labute approximate surface area is 163 Å². The molecule has 4 rings (SSSR count). The zero-order valence-corrected chi connectivity index (χ0v) is 19.9. The molecule has 0 spiro atoms. The van der Waals surface area contributed by atoms with E-state index in [1.807, 2.05) is 0 Å². The van der Waals surface area contributed by atoms with Crippen molar-refractivity contribution in [2.45, 2.75) is 35.5 Å². The summed E-state index contributed by atoms with van der Waals surface area (Å²) in [6.45, 7) is 7.69. The van der Waals surface area contributed by atoms with E-state index in [1.165, 1.54) is 6.42 Å². The number of hydrogen-bond acceptors (Lipinski definition) is 0. The summed E-state index contributed by atoms with van der Waals surface area (Å²) in [7, 11) is -1.14. The van der Waals surface area contributed by atoms with Crippen molar-refractivity contribution < 1.29 is 0 Å². The maximum atomic E-state index is 2.56. The first-order chi connectivity index (χ1) is 12.5. The summed E-state index contributed by atoms with van der Waals surface area (Å²) in [6.07, 6.45) is 1.44. The van der Waals surface area contributed by atoms with E-state index in [1.54, 1.807) is 10.7 Å². The van der Waals surface area contributed by atoms with E-state index in [0.717, 1.165) is 9.48 Å². The molecule has 0 saturated heterocycles. The third-order valence-electron chi connectivity index (χ3n) is 6.15. The predicted molar refractivity (Wildman–Crippen MR) is 119 cm³/mol. The molecule has 0 aliphatic heterocycles. The summed E-state index contributed by atoms with van der Waals surface area (Å²) in [4.78, 5) is 0. The van der Waals surface area contributed by atoms with Gasteiger partial charge in [-0.2, -0.15) is 0 Å². The molecule has 0 N–H and O–H groups in total. The Bertz CT molecular complexity index is 756. The SMILES string of the molecule is C[Si](C)(C)[C@@H]1C[C@H]1[Sn]([c]1ccccc1)([c]1ccccc1)[c]1ccccc1. The molecule has 1 fully saturated rings. The fraction of sp³-hybridized carbons (Fsp3) is 0.250. The number of hydrogen-bond donors (Lipinski definition) is 0. The average molecular weight is 463 g/mol. The van der Waals surface area contributed by atoms with Crippen LogP contribution >= 0.6 is 0 Å². The molecule has 3 aromatic carbocycles. The van der Waals surface area contributed by atoms with Gasteiger partial charge in [-0.3, -0.25) is 0 Å². The van der Waals surface area contributed by atoms with Crippen LogP contribution in [-0.2, 0) is 0 Å². The zero-order chi connectivity index (χ0) is 18.2. The standard InChI is InChI=1S/C6H13Si.3C6H5.Sn/c1-7(2,3)6-4-5-6;3*1-2-4-6-5-3-1;/h4,6H,5H2,1-3H3;3*1-5H;/t6-;;;;/m0..../s1. The first-order valence-electron chi connectivity index (χ1n) is 9.71. The van der Waals surface area contributed by atoms with Crippen LogP contribution in [-0.4, -0.2) is 26.5 Å². The average Bonchev–Trinajstić information content (AvgIpc) is 3.47. The normalized spacial score (nSPS) is 20.0. The van der Waals surface area contributed by atoms with Gasteiger partial charge in [-0.1, -0.05) is 0 Å². The van der Waals surface area contributed by atoms with Crippen LogP contribution in [0.15, 0.2) is 91.0 Å². The molecule has 0 bridgehead atoms. The molecule has 1 saturated carbocycles. The van der Waals surface area contributed by atoms with Gasteiger partial charge < -0.3 is 0 Å². The van der Waals surface area contributed by atoms with Gasteiger partial charge in [0.05, 0.1) is 0 Å². The van der Waals surface area contributed by atoms with Crippen LogP contribution in [0.25, 0.3) is 0 Å². The Morgan fingerprint density at radius 2 is 0.962 bits per heavy atom. The van der Waals surface area contributed by atoms with Gasteiger partial charge in [0.25, 0.3) is 0 Å².